The van der Waals surface area contributed by atoms with E-state index < -0.39 is 10.0 Å². The van der Waals surface area contributed by atoms with Crippen LogP contribution in [0, 0.1) is 5.92 Å². The van der Waals surface area contributed by atoms with E-state index in [1.807, 2.05) is 0 Å². The predicted molar refractivity (Wildman–Crippen MR) is 53.2 cm³/mol. The van der Waals surface area contributed by atoms with Crippen LogP contribution < -0.4 is 5.32 Å². The van der Waals surface area contributed by atoms with Crippen molar-refractivity contribution in [1.29, 1.82) is 0 Å². The van der Waals surface area contributed by atoms with Gasteiger partial charge in [-0.2, -0.15) is 0 Å². The molecule has 6 heteroatoms. The van der Waals surface area contributed by atoms with Crippen LogP contribution in [-0.4, -0.2) is 44.5 Å². The van der Waals surface area contributed by atoms with E-state index in [9.17, 15) is 13.2 Å². The van der Waals surface area contributed by atoms with Crippen molar-refractivity contribution in [2.75, 3.05) is 20.6 Å². The maximum absolute atomic E-state index is 11.6. The van der Waals surface area contributed by atoms with Gasteiger partial charge in [-0.25, -0.2) is 12.7 Å². The van der Waals surface area contributed by atoms with Crippen LogP contribution >= 0.6 is 0 Å². The van der Waals surface area contributed by atoms with E-state index in [4.69, 9.17) is 0 Å². The number of hydrogen-bond acceptors (Lipinski definition) is 3. The highest BCUT2D eigenvalue weighted by Gasteiger charge is 2.47. The van der Waals surface area contributed by atoms with Crippen molar-refractivity contribution < 1.29 is 13.2 Å². The van der Waals surface area contributed by atoms with E-state index >= 15 is 0 Å². The maximum atomic E-state index is 11.6. The standard InChI is InChI=1S/C8H16N2O3S/c1-6(11)9-5-7-4-8(7)14(12,13)10(2)3/h7-8H,4-5H2,1-3H3,(H,9,11). The van der Waals surface area contributed by atoms with Gasteiger partial charge in [-0.3, -0.25) is 4.79 Å². The summed E-state index contributed by atoms with van der Waals surface area (Å²) in [7, 11) is -0.0570. The lowest BCUT2D eigenvalue weighted by atomic mass is 10.4. The van der Waals surface area contributed by atoms with Gasteiger partial charge in [0.1, 0.15) is 0 Å². The van der Waals surface area contributed by atoms with Crippen molar-refractivity contribution in [3.8, 4) is 0 Å². The van der Waals surface area contributed by atoms with Crippen LogP contribution in [-0.2, 0) is 14.8 Å². The lowest BCUT2D eigenvalue weighted by Crippen LogP contribution is -2.29. The summed E-state index contributed by atoms with van der Waals surface area (Å²) in [6.07, 6.45) is 0.654. The first kappa shape index (κ1) is 11.5. The highest BCUT2D eigenvalue weighted by atomic mass is 32.2. The molecule has 1 N–H and O–H groups in total. The molecule has 2 unspecified atom stereocenters. The Hall–Kier alpha value is -0.620. The summed E-state index contributed by atoms with van der Waals surface area (Å²) in [6, 6.07) is 0. The molecular formula is C8H16N2O3S. The van der Waals surface area contributed by atoms with Gasteiger partial charge in [0.2, 0.25) is 15.9 Å². The first-order valence-electron chi connectivity index (χ1n) is 4.51. The second-order valence-electron chi connectivity index (χ2n) is 3.80. The Bertz CT molecular complexity index is 323. The second-order valence-corrected chi connectivity index (χ2v) is 6.16. The normalized spacial score (nSPS) is 26.3. The molecule has 1 aliphatic rings. The Morgan fingerprint density at radius 3 is 2.50 bits per heavy atom. The minimum Gasteiger partial charge on any atom is -0.356 e. The van der Waals surface area contributed by atoms with Crippen LogP contribution in [0.15, 0.2) is 0 Å². The summed E-state index contributed by atoms with van der Waals surface area (Å²) in [4.78, 5) is 10.6. The topological polar surface area (TPSA) is 66.5 Å². The van der Waals surface area contributed by atoms with E-state index in [1.54, 1.807) is 0 Å². The highest BCUT2D eigenvalue weighted by molar-refractivity contribution is 7.90. The minimum atomic E-state index is -3.12. The molecular weight excluding hydrogens is 204 g/mol. The summed E-state index contributed by atoms with van der Waals surface area (Å²) in [5.74, 6) is -0.0239. The number of nitrogens with one attached hydrogen (secondary N) is 1. The molecule has 82 valence electrons. The quantitative estimate of drug-likeness (QED) is 0.688. The van der Waals surface area contributed by atoms with Crippen LogP contribution in [0.25, 0.3) is 0 Å². The van der Waals surface area contributed by atoms with Gasteiger partial charge in [-0.1, -0.05) is 0 Å². The van der Waals surface area contributed by atoms with Gasteiger partial charge in [-0.05, 0) is 12.3 Å². The van der Waals surface area contributed by atoms with Gasteiger partial charge in [0.25, 0.3) is 0 Å². The van der Waals surface area contributed by atoms with Crippen molar-refractivity contribution >= 4 is 15.9 Å². The lowest BCUT2D eigenvalue weighted by Gasteiger charge is -2.10. The first-order valence-corrected chi connectivity index (χ1v) is 6.02. The summed E-state index contributed by atoms with van der Waals surface area (Å²) >= 11 is 0. The number of sulfonamides is 1. The number of amides is 1. The molecule has 0 spiro atoms. The van der Waals surface area contributed by atoms with Crippen LogP contribution in [0.4, 0.5) is 0 Å². The second kappa shape index (κ2) is 3.86. The molecule has 0 aromatic rings. The Morgan fingerprint density at radius 1 is 1.50 bits per heavy atom. The number of hydrogen-bond donors (Lipinski definition) is 1. The highest BCUT2D eigenvalue weighted by Crippen LogP contribution is 2.37. The molecule has 0 heterocycles. The zero-order chi connectivity index (χ0) is 10.9. The van der Waals surface area contributed by atoms with Crippen molar-refractivity contribution in [3.05, 3.63) is 0 Å². The van der Waals surface area contributed by atoms with E-state index in [2.05, 4.69) is 5.32 Å². The van der Waals surface area contributed by atoms with Crippen LogP contribution in [0.5, 0.6) is 0 Å². The Labute approximate surface area is 84.5 Å². The number of carbonyl (C=O) groups excluding carboxylic acids is 1. The monoisotopic (exact) mass is 220 g/mol. The fourth-order valence-corrected chi connectivity index (χ4v) is 2.96. The third-order valence-corrected chi connectivity index (χ3v) is 4.72. The fraction of sp³-hybridized carbons (Fsp3) is 0.875. The molecule has 0 aliphatic heterocycles. The smallest absolute Gasteiger partial charge is 0.216 e. The molecule has 1 aliphatic carbocycles. The van der Waals surface area contributed by atoms with Crippen molar-refractivity contribution in [2.24, 2.45) is 5.92 Å². The SMILES string of the molecule is CC(=O)NCC1CC1S(=O)(=O)N(C)C. The average Bonchev–Trinajstić information content (AvgIpc) is 2.79. The number of rotatable bonds is 4. The predicted octanol–water partition coefficient (Wildman–Crippen LogP) is -0.598. The summed E-state index contributed by atoms with van der Waals surface area (Å²) in [5, 5.41) is 2.33. The zero-order valence-corrected chi connectivity index (χ0v) is 9.47. The van der Waals surface area contributed by atoms with E-state index in [1.165, 1.54) is 25.3 Å². The van der Waals surface area contributed by atoms with E-state index in [0.29, 0.717) is 13.0 Å². The van der Waals surface area contributed by atoms with Gasteiger partial charge >= 0.3 is 0 Å². The minimum absolute atomic E-state index is 0.0892. The largest absolute Gasteiger partial charge is 0.356 e. The Morgan fingerprint density at radius 2 is 2.07 bits per heavy atom. The summed E-state index contributed by atoms with van der Waals surface area (Å²) in [5.41, 5.74) is 0. The van der Waals surface area contributed by atoms with Crippen LogP contribution in [0.2, 0.25) is 0 Å². The van der Waals surface area contributed by atoms with Crippen molar-refractivity contribution in [1.82, 2.24) is 9.62 Å². The Kier molecular flexibility index (Phi) is 3.16. The Balaban J connectivity index is 2.43. The average molecular weight is 220 g/mol. The lowest BCUT2D eigenvalue weighted by molar-refractivity contribution is -0.119. The molecule has 1 fully saturated rings. The van der Waals surface area contributed by atoms with Crippen LogP contribution in [0.3, 0.4) is 0 Å². The van der Waals surface area contributed by atoms with Gasteiger partial charge in [0, 0.05) is 27.6 Å². The number of carbonyl (C=O) groups is 1. The molecule has 0 saturated heterocycles. The van der Waals surface area contributed by atoms with E-state index in [-0.39, 0.29) is 17.1 Å². The molecule has 1 rings (SSSR count). The van der Waals surface area contributed by atoms with Crippen LogP contribution in [0.1, 0.15) is 13.3 Å². The van der Waals surface area contributed by atoms with E-state index in [0.717, 1.165) is 0 Å². The number of nitrogens with zero attached hydrogens (tertiary/aromatic N) is 1. The molecule has 5 nitrogen and oxygen atoms in total. The van der Waals surface area contributed by atoms with Gasteiger partial charge in [0.05, 0.1) is 5.25 Å². The van der Waals surface area contributed by atoms with Crippen molar-refractivity contribution in [2.45, 2.75) is 18.6 Å². The van der Waals surface area contributed by atoms with Crippen molar-refractivity contribution in [3.63, 3.8) is 0 Å². The third kappa shape index (κ3) is 2.45. The molecule has 0 aromatic heterocycles. The maximum Gasteiger partial charge on any atom is 0.216 e. The molecule has 0 bridgehead atoms. The third-order valence-electron chi connectivity index (χ3n) is 2.36. The summed E-state index contributed by atoms with van der Waals surface area (Å²) in [6.45, 7) is 1.89. The zero-order valence-electron chi connectivity index (χ0n) is 8.65. The molecule has 2 atom stereocenters. The van der Waals surface area contributed by atoms with Gasteiger partial charge in [-0.15, -0.1) is 0 Å². The fourth-order valence-electron chi connectivity index (χ4n) is 1.35. The molecule has 1 amide bonds. The molecule has 14 heavy (non-hydrogen) atoms. The first-order chi connectivity index (χ1) is 6.35. The van der Waals surface area contributed by atoms with Gasteiger partial charge < -0.3 is 5.32 Å². The summed E-state index contributed by atoms with van der Waals surface area (Å²) < 4.78 is 24.4. The molecule has 1 saturated carbocycles. The molecule has 0 radical (unpaired) electrons. The molecule has 0 aromatic carbocycles. The van der Waals surface area contributed by atoms with Gasteiger partial charge in [0.15, 0.2) is 0 Å².